The van der Waals surface area contributed by atoms with Gasteiger partial charge in [0.25, 0.3) is 0 Å². The van der Waals surface area contributed by atoms with Crippen LogP contribution in [0.5, 0.6) is 0 Å². The minimum Gasteiger partial charge on any atom is -0.459 e. The molecule has 0 spiro atoms. The van der Waals surface area contributed by atoms with Gasteiger partial charge in [0.15, 0.2) is 0 Å². The summed E-state index contributed by atoms with van der Waals surface area (Å²) in [7, 11) is 0. The summed E-state index contributed by atoms with van der Waals surface area (Å²) in [6.07, 6.45) is 0.684. The van der Waals surface area contributed by atoms with Gasteiger partial charge < -0.3 is 4.74 Å². The van der Waals surface area contributed by atoms with Crippen molar-refractivity contribution in [3.8, 4) is 11.1 Å². The van der Waals surface area contributed by atoms with Crippen molar-refractivity contribution in [3.05, 3.63) is 59.7 Å². The van der Waals surface area contributed by atoms with Crippen molar-refractivity contribution in [3.63, 3.8) is 0 Å². The molecule has 0 unspecified atom stereocenters. The Hall–Kier alpha value is -2.42. The topological polar surface area (TPSA) is 43.4 Å². The molecule has 0 aliphatic rings. The van der Waals surface area contributed by atoms with Gasteiger partial charge in [-0.3, -0.25) is 4.79 Å². The number of ether oxygens (including phenoxy) is 1. The Labute approximate surface area is 118 Å². The predicted molar refractivity (Wildman–Crippen MR) is 77.8 cm³/mol. The molecule has 0 saturated carbocycles. The van der Waals surface area contributed by atoms with E-state index in [2.05, 4.69) is 0 Å². The van der Waals surface area contributed by atoms with Gasteiger partial charge in [0.05, 0.1) is 11.7 Å². The molecule has 0 radical (unpaired) electrons. The van der Waals surface area contributed by atoms with Gasteiger partial charge in [0.2, 0.25) is 0 Å². The molecule has 20 heavy (non-hydrogen) atoms. The van der Waals surface area contributed by atoms with E-state index in [1.165, 1.54) is 0 Å². The first-order chi connectivity index (χ1) is 9.60. The van der Waals surface area contributed by atoms with Crippen LogP contribution in [0.3, 0.4) is 0 Å². The molecule has 0 aliphatic heterocycles. The fourth-order valence-corrected chi connectivity index (χ4v) is 1.87. The van der Waals surface area contributed by atoms with E-state index in [4.69, 9.17) is 4.74 Å². The van der Waals surface area contributed by atoms with Gasteiger partial charge in [-0.15, -0.1) is 0 Å². The number of esters is 1. The van der Waals surface area contributed by atoms with Crippen molar-refractivity contribution in [2.75, 3.05) is 0 Å². The average Bonchev–Trinajstić information content (AvgIpc) is 2.47. The third-order valence-corrected chi connectivity index (χ3v) is 2.82. The number of hydrogen-bond donors (Lipinski definition) is 0. The zero-order valence-electron chi connectivity index (χ0n) is 11.5. The SMILES string of the molecule is CC(C)OC(=O)c1ccc(-c2cccc(C=O)c2)cc1. The maximum absolute atomic E-state index is 11.7. The second-order valence-corrected chi connectivity index (χ2v) is 4.77. The van der Waals surface area contributed by atoms with Crippen LogP contribution in [-0.4, -0.2) is 18.4 Å². The van der Waals surface area contributed by atoms with Crippen LogP contribution in [0.4, 0.5) is 0 Å². The van der Waals surface area contributed by atoms with Crippen molar-refractivity contribution in [2.45, 2.75) is 20.0 Å². The molecule has 0 heterocycles. The first kappa shape index (κ1) is 14.0. The number of carbonyl (C=O) groups is 2. The fourth-order valence-electron chi connectivity index (χ4n) is 1.87. The normalized spacial score (nSPS) is 10.3. The second-order valence-electron chi connectivity index (χ2n) is 4.77. The molecule has 0 aliphatic carbocycles. The predicted octanol–water partition coefficient (Wildman–Crippen LogP) is 3.73. The zero-order valence-corrected chi connectivity index (χ0v) is 11.5. The van der Waals surface area contributed by atoms with E-state index < -0.39 is 0 Å². The largest absolute Gasteiger partial charge is 0.459 e. The van der Waals surface area contributed by atoms with Crippen molar-refractivity contribution in [1.29, 1.82) is 0 Å². The zero-order chi connectivity index (χ0) is 14.5. The Morgan fingerprint density at radius 2 is 1.75 bits per heavy atom. The Morgan fingerprint density at radius 3 is 2.35 bits per heavy atom. The maximum atomic E-state index is 11.7. The lowest BCUT2D eigenvalue weighted by molar-refractivity contribution is 0.0378. The number of benzene rings is 2. The van der Waals surface area contributed by atoms with Gasteiger partial charge in [-0.25, -0.2) is 4.79 Å². The summed E-state index contributed by atoms with van der Waals surface area (Å²) in [5.74, 6) is -0.326. The van der Waals surface area contributed by atoms with Crippen molar-refractivity contribution >= 4 is 12.3 Å². The summed E-state index contributed by atoms with van der Waals surface area (Å²) in [4.78, 5) is 22.5. The molecule has 2 rings (SSSR count). The molecule has 3 nitrogen and oxygen atoms in total. The van der Waals surface area contributed by atoms with E-state index in [1.54, 1.807) is 18.2 Å². The summed E-state index contributed by atoms with van der Waals surface area (Å²) in [6, 6.07) is 14.5. The Morgan fingerprint density at radius 1 is 1.05 bits per heavy atom. The number of carbonyl (C=O) groups excluding carboxylic acids is 2. The Bertz CT molecular complexity index is 612. The van der Waals surface area contributed by atoms with Gasteiger partial charge in [-0.05, 0) is 43.2 Å². The highest BCUT2D eigenvalue weighted by Crippen LogP contribution is 2.21. The molecule has 0 amide bonds. The standard InChI is InChI=1S/C17H16O3/c1-12(2)20-17(19)15-8-6-14(7-9-15)16-5-3-4-13(10-16)11-18/h3-12H,1-2H3. The molecule has 0 bridgehead atoms. The van der Waals surface area contributed by atoms with E-state index in [1.807, 2.05) is 44.2 Å². The summed E-state index contributed by atoms with van der Waals surface area (Å²) in [5, 5.41) is 0. The molecular weight excluding hydrogens is 252 g/mol. The number of rotatable bonds is 4. The van der Waals surface area contributed by atoms with Gasteiger partial charge in [-0.2, -0.15) is 0 Å². The number of hydrogen-bond acceptors (Lipinski definition) is 3. The summed E-state index contributed by atoms with van der Waals surface area (Å²) in [6.45, 7) is 3.63. The van der Waals surface area contributed by atoms with Crippen LogP contribution in [0.2, 0.25) is 0 Å². The molecule has 2 aromatic carbocycles. The van der Waals surface area contributed by atoms with Gasteiger partial charge >= 0.3 is 5.97 Å². The minimum atomic E-state index is -0.326. The van der Waals surface area contributed by atoms with Crippen molar-refractivity contribution in [1.82, 2.24) is 0 Å². The lowest BCUT2D eigenvalue weighted by atomic mass is 10.0. The van der Waals surface area contributed by atoms with E-state index in [0.717, 1.165) is 17.4 Å². The van der Waals surface area contributed by atoms with Crippen LogP contribution >= 0.6 is 0 Å². The molecular formula is C17H16O3. The Kier molecular flexibility index (Phi) is 4.31. The highest BCUT2D eigenvalue weighted by atomic mass is 16.5. The molecule has 0 aromatic heterocycles. The molecule has 0 fully saturated rings. The van der Waals surface area contributed by atoms with Gasteiger partial charge in [0.1, 0.15) is 6.29 Å². The van der Waals surface area contributed by atoms with Crippen molar-refractivity contribution < 1.29 is 14.3 Å². The quantitative estimate of drug-likeness (QED) is 0.627. The molecule has 0 saturated heterocycles. The fraction of sp³-hybridized carbons (Fsp3) is 0.176. The summed E-state index contributed by atoms with van der Waals surface area (Å²) < 4.78 is 5.13. The highest BCUT2D eigenvalue weighted by Gasteiger charge is 2.09. The first-order valence-electron chi connectivity index (χ1n) is 6.47. The third kappa shape index (κ3) is 3.32. The van der Waals surface area contributed by atoms with Crippen LogP contribution in [-0.2, 0) is 4.74 Å². The molecule has 2 aromatic rings. The lowest BCUT2D eigenvalue weighted by Gasteiger charge is -2.08. The van der Waals surface area contributed by atoms with Crippen LogP contribution in [0, 0.1) is 0 Å². The van der Waals surface area contributed by atoms with E-state index in [0.29, 0.717) is 11.1 Å². The number of aldehydes is 1. The molecule has 3 heteroatoms. The smallest absolute Gasteiger partial charge is 0.338 e. The molecule has 102 valence electrons. The summed E-state index contributed by atoms with van der Waals surface area (Å²) >= 11 is 0. The van der Waals surface area contributed by atoms with Gasteiger partial charge in [-0.1, -0.05) is 30.3 Å². The van der Waals surface area contributed by atoms with Crippen molar-refractivity contribution in [2.24, 2.45) is 0 Å². The highest BCUT2D eigenvalue weighted by molar-refractivity contribution is 5.90. The van der Waals surface area contributed by atoms with Gasteiger partial charge in [0, 0.05) is 5.56 Å². The van der Waals surface area contributed by atoms with Crippen LogP contribution in [0.25, 0.3) is 11.1 Å². The monoisotopic (exact) mass is 268 g/mol. The third-order valence-electron chi connectivity index (χ3n) is 2.82. The minimum absolute atomic E-state index is 0.133. The van der Waals surface area contributed by atoms with Crippen LogP contribution in [0.15, 0.2) is 48.5 Å². The average molecular weight is 268 g/mol. The Balaban J connectivity index is 2.23. The lowest BCUT2D eigenvalue weighted by Crippen LogP contribution is -2.11. The first-order valence-corrected chi connectivity index (χ1v) is 6.47. The van der Waals surface area contributed by atoms with Crippen LogP contribution < -0.4 is 0 Å². The molecule has 0 atom stereocenters. The van der Waals surface area contributed by atoms with Crippen LogP contribution in [0.1, 0.15) is 34.6 Å². The maximum Gasteiger partial charge on any atom is 0.338 e. The second kappa shape index (κ2) is 6.15. The molecule has 0 N–H and O–H groups in total. The van der Waals surface area contributed by atoms with E-state index in [9.17, 15) is 9.59 Å². The summed E-state index contributed by atoms with van der Waals surface area (Å²) in [5.41, 5.74) is 3.05. The van der Waals surface area contributed by atoms with E-state index >= 15 is 0 Å². The van der Waals surface area contributed by atoms with E-state index in [-0.39, 0.29) is 12.1 Å².